The molecule has 0 spiro atoms. The van der Waals surface area contributed by atoms with Gasteiger partial charge in [0.15, 0.2) is 0 Å². The zero-order valence-corrected chi connectivity index (χ0v) is 12.5. The lowest BCUT2D eigenvalue weighted by Crippen LogP contribution is -2.17. The number of hydrogen-bond acceptors (Lipinski definition) is 3. The van der Waals surface area contributed by atoms with Crippen molar-refractivity contribution in [1.82, 2.24) is 15.0 Å². The van der Waals surface area contributed by atoms with Crippen LogP contribution in [-0.4, -0.2) is 15.0 Å². The van der Waals surface area contributed by atoms with E-state index in [-0.39, 0.29) is 5.82 Å². The summed E-state index contributed by atoms with van der Waals surface area (Å²) < 4.78 is 15.9. The van der Waals surface area contributed by atoms with Crippen molar-refractivity contribution in [1.29, 1.82) is 0 Å². The van der Waals surface area contributed by atoms with E-state index in [9.17, 15) is 4.39 Å². The molecule has 3 rings (SSSR count). The molecule has 0 aliphatic heterocycles. The van der Waals surface area contributed by atoms with Gasteiger partial charge in [0.1, 0.15) is 5.82 Å². The molecule has 3 aromatic rings. The molecular formula is C15H12BrFN4. The number of hydrogen-bond donors (Lipinski definition) is 1. The SMILES string of the molecule is NC(c1cc(F)ccc1Br)c1cnnn1-c1ccccc1. The quantitative estimate of drug-likeness (QED) is 0.792. The van der Waals surface area contributed by atoms with Crippen LogP contribution in [0.5, 0.6) is 0 Å². The van der Waals surface area contributed by atoms with Crippen LogP contribution in [0.25, 0.3) is 5.69 Å². The first-order valence-electron chi connectivity index (χ1n) is 6.33. The summed E-state index contributed by atoms with van der Waals surface area (Å²) in [6, 6.07) is 13.4. The molecule has 0 bridgehead atoms. The van der Waals surface area contributed by atoms with Gasteiger partial charge in [0, 0.05) is 4.47 Å². The van der Waals surface area contributed by atoms with Crippen LogP contribution in [0.3, 0.4) is 0 Å². The van der Waals surface area contributed by atoms with Crippen molar-refractivity contribution in [3.05, 3.63) is 76.3 Å². The minimum Gasteiger partial charge on any atom is -0.319 e. The highest BCUT2D eigenvalue weighted by Crippen LogP contribution is 2.28. The number of nitrogens with zero attached hydrogens (tertiary/aromatic N) is 3. The summed E-state index contributed by atoms with van der Waals surface area (Å²) in [7, 11) is 0. The monoisotopic (exact) mass is 346 g/mol. The molecule has 106 valence electrons. The summed E-state index contributed by atoms with van der Waals surface area (Å²) >= 11 is 3.40. The van der Waals surface area contributed by atoms with Crippen molar-refractivity contribution < 1.29 is 4.39 Å². The molecule has 2 aromatic carbocycles. The van der Waals surface area contributed by atoms with E-state index in [4.69, 9.17) is 5.73 Å². The smallest absolute Gasteiger partial charge is 0.123 e. The lowest BCUT2D eigenvalue weighted by molar-refractivity contribution is 0.621. The highest BCUT2D eigenvalue weighted by atomic mass is 79.9. The van der Waals surface area contributed by atoms with Crippen LogP contribution in [0.4, 0.5) is 4.39 Å². The molecule has 0 radical (unpaired) electrons. The van der Waals surface area contributed by atoms with Crippen molar-refractivity contribution in [2.75, 3.05) is 0 Å². The Kier molecular flexibility index (Phi) is 3.81. The van der Waals surface area contributed by atoms with Crippen LogP contribution < -0.4 is 5.73 Å². The lowest BCUT2D eigenvalue weighted by atomic mass is 10.0. The van der Waals surface area contributed by atoms with Crippen molar-refractivity contribution in [3.63, 3.8) is 0 Å². The molecule has 6 heteroatoms. The van der Waals surface area contributed by atoms with Gasteiger partial charge in [-0.1, -0.05) is 39.3 Å². The Morgan fingerprint density at radius 1 is 1.14 bits per heavy atom. The van der Waals surface area contributed by atoms with Crippen LogP contribution in [0.1, 0.15) is 17.3 Å². The number of benzene rings is 2. The van der Waals surface area contributed by atoms with Gasteiger partial charge in [0.25, 0.3) is 0 Å². The molecule has 0 saturated heterocycles. The van der Waals surface area contributed by atoms with Gasteiger partial charge in [-0.3, -0.25) is 0 Å². The molecule has 0 aliphatic rings. The number of rotatable bonds is 3. The zero-order chi connectivity index (χ0) is 14.8. The van der Waals surface area contributed by atoms with E-state index in [0.29, 0.717) is 11.3 Å². The Hall–Kier alpha value is -2.05. The summed E-state index contributed by atoms with van der Waals surface area (Å²) in [4.78, 5) is 0. The van der Waals surface area contributed by atoms with Crippen LogP contribution in [-0.2, 0) is 0 Å². The fraction of sp³-hybridized carbons (Fsp3) is 0.0667. The molecule has 0 aliphatic carbocycles. The molecule has 1 atom stereocenters. The van der Waals surface area contributed by atoms with E-state index >= 15 is 0 Å². The van der Waals surface area contributed by atoms with E-state index in [2.05, 4.69) is 26.2 Å². The van der Waals surface area contributed by atoms with E-state index in [1.54, 1.807) is 16.9 Å². The average Bonchev–Trinajstić information content (AvgIpc) is 2.99. The van der Waals surface area contributed by atoms with E-state index in [1.807, 2.05) is 30.3 Å². The van der Waals surface area contributed by atoms with Gasteiger partial charge in [-0.15, -0.1) is 5.10 Å². The maximum atomic E-state index is 13.5. The van der Waals surface area contributed by atoms with Crippen molar-refractivity contribution in [3.8, 4) is 5.69 Å². The number of halogens is 2. The molecular weight excluding hydrogens is 335 g/mol. The van der Waals surface area contributed by atoms with Crippen molar-refractivity contribution >= 4 is 15.9 Å². The summed E-state index contributed by atoms with van der Waals surface area (Å²) in [6.07, 6.45) is 1.59. The Morgan fingerprint density at radius 2 is 1.90 bits per heavy atom. The third kappa shape index (κ3) is 2.72. The van der Waals surface area contributed by atoms with E-state index < -0.39 is 6.04 Å². The number of aromatic nitrogens is 3. The van der Waals surface area contributed by atoms with Gasteiger partial charge in [-0.05, 0) is 35.9 Å². The zero-order valence-electron chi connectivity index (χ0n) is 10.9. The first-order valence-corrected chi connectivity index (χ1v) is 7.12. The standard InChI is InChI=1S/C15H12BrFN4/c16-13-7-6-10(17)8-12(13)15(18)14-9-19-20-21(14)11-4-2-1-3-5-11/h1-9,15H,18H2. The minimum absolute atomic E-state index is 0.331. The average molecular weight is 347 g/mol. The highest BCUT2D eigenvalue weighted by Gasteiger charge is 2.18. The Morgan fingerprint density at radius 3 is 2.67 bits per heavy atom. The molecule has 2 N–H and O–H groups in total. The fourth-order valence-electron chi connectivity index (χ4n) is 2.14. The van der Waals surface area contributed by atoms with Gasteiger partial charge < -0.3 is 5.73 Å². The summed E-state index contributed by atoms with van der Waals surface area (Å²) in [5.74, 6) is -0.331. The molecule has 1 heterocycles. The third-order valence-electron chi connectivity index (χ3n) is 3.19. The largest absolute Gasteiger partial charge is 0.319 e. The first-order chi connectivity index (χ1) is 10.2. The summed E-state index contributed by atoms with van der Waals surface area (Å²) in [5, 5.41) is 7.98. The molecule has 4 nitrogen and oxygen atoms in total. The molecule has 0 saturated carbocycles. The second-order valence-electron chi connectivity index (χ2n) is 4.55. The number of nitrogens with two attached hydrogens (primary N) is 1. The minimum atomic E-state index is -0.537. The topological polar surface area (TPSA) is 56.7 Å². The predicted molar refractivity (Wildman–Crippen MR) is 81.5 cm³/mol. The maximum absolute atomic E-state index is 13.5. The molecule has 1 unspecified atom stereocenters. The van der Waals surface area contributed by atoms with E-state index in [1.165, 1.54) is 12.1 Å². The van der Waals surface area contributed by atoms with Gasteiger partial charge in [-0.2, -0.15) is 0 Å². The fourth-order valence-corrected chi connectivity index (χ4v) is 2.63. The third-order valence-corrected chi connectivity index (χ3v) is 3.91. The van der Waals surface area contributed by atoms with Gasteiger partial charge >= 0.3 is 0 Å². The van der Waals surface area contributed by atoms with Crippen molar-refractivity contribution in [2.45, 2.75) is 6.04 Å². The molecule has 0 amide bonds. The van der Waals surface area contributed by atoms with Gasteiger partial charge in [-0.25, -0.2) is 9.07 Å². The predicted octanol–water partition coefficient (Wildman–Crippen LogP) is 3.22. The van der Waals surface area contributed by atoms with Crippen LogP contribution in [0.15, 0.2) is 59.2 Å². The van der Waals surface area contributed by atoms with Gasteiger partial charge in [0.05, 0.1) is 23.6 Å². The molecule has 0 fully saturated rings. The Labute approximate surface area is 129 Å². The highest BCUT2D eigenvalue weighted by molar-refractivity contribution is 9.10. The summed E-state index contributed by atoms with van der Waals surface area (Å²) in [6.45, 7) is 0. The van der Waals surface area contributed by atoms with Crippen LogP contribution in [0.2, 0.25) is 0 Å². The van der Waals surface area contributed by atoms with Crippen LogP contribution >= 0.6 is 15.9 Å². The lowest BCUT2D eigenvalue weighted by Gasteiger charge is -2.15. The Balaban J connectivity index is 2.06. The van der Waals surface area contributed by atoms with E-state index in [0.717, 1.165) is 10.2 Å². The van der Waals surface area contributed by atoms with Crippen molar-refractivity contribution in [2.24, 2.45) is 5.73 Å². The second kappa shape index (κ2) is 5.75. The Bertz CT molecular complexity index is 757. The summed E-state index contributed by atoms with van der Waals surface area (Å²) in [5.41, 5.74) is 8.46. The molecule has 1 aromatic heterocycles. The normalized spacial score (nSPS) is 12.3. The maximum Gasteiger partial charge on any atom is 0.123 e. The molecule has 21 heavy (non-hydrogen) atoms. The van der Waals surface area contributed by atoms with Gasteiger partial charge in [0.2, 0.25) is 0 Å². The second-order valence-corrected chi connectivity index (χ2v) is 5.40. The van der Waals surface area contributed by atoms with Crippen LogP contribution in [0, 0.1) is 5.82 Å². The number of para-hydroxylation sites is 1. The first kappa shape index (κ1) is 13.9.